The predicted octanol–water partition coefficient (Wildman–Crippen LogP) is 5.89. The Morgan fingerprint density at radius 2 is 1.60 bits per heavy atom. The highest BCUT2D eigenvalue weighted by atomic mass is 19.1. The summed E-state index contributed by atoms with van der Waals surface area (Å²) >= 11 is 0. The van der Waals surface area contributed by atoms with E-state index in [1.807, 2.05) is 25.7 Å². The lowest BCUT2D eigenvalue weighted by molar-refractivity contribution is -0.127. The van der Waals surface area contributed by atoms with E-state index in [-0.39, 0.29) is 17.3 Å². The van der Waals surface area contributed by atoms with E-state index in [9.17, 15) is 18.8 Å². The zero-order chi connectivity index (χ0) is 28.6. The van der Waals surface area contributed by atoms with Crippen LogP contribution in [0.2, 0.25) is 0 Å². The minimum Gasteiger partial charge on any atom is -0.497 e. The molecule has 1 aliphatic carbocycles. The smallest absolute Gasteiger partial charge is 0.180 e. The van der Waals surface area contributed by atoms with Gasteiger partial charge in [-0.1, -0.05) is 63.3 Å². The minimum absolute atomic E-state index is 0.139. The fourth-order valence-electron chi connectivity index (χ4n) is 6.81. The van der Waals surface area contributed by atoms with E-state index >= 15 is 0 Å². The maximum absolute atomic E-state index is 14.7. The highest BCUT2D eigenvalue weighted by Gasteiger charge is 2.72. The molecule has 0 amide bonds. The summed E-state index contributed by atoms with van der Waals surface area (Å²) in [4.78, 5) is 45.7. The summed E-state index contributed by atoms with van der Waals surface area (Å²) in [5.41, 5.74) is -0.0542. The van der Waals surface area contributed by atoms with Gasteiger partial charge in [-0.25, -0.2) is 4.39 Å². The number of fused-ring (bicyclic) bond motifs is 5. The van der Waals surface area contributed by atoms with Crippen LogP contribution < -0.4 is 14.4 Å². The average molecular weight is 540 g/mol. The number of ketones is 3. The molecule has 0 radical (unpaired) electrons. The van der Waals surface area contributed by atoms with Crippen LogP contribution in [0.4, 0.5) is 10.1 Å². The number of hydrogen-bond donors (Lipinski definition) is 0. The van der Waals surface area contributed by atoms with Crippen molar-refractivity contribution in [2.24, 2.45) is 10.8 Å². The lowest BCUT2D eigenvalue weighted by atomic mass is 9.63. The number of benzene rings is 3. The topological polar surface area (TPSA) is 72.9 Å². The van der Waals surface area contributed by atoms with Gasteiger partial charge in [-0.2, -0.15) is 0 Å². The molecule has 1 unspecified atom stereocenters. The molecule has 1 fully saturated rings. The van der Waals surface area contributed by atoms with Crippen LogP contribution in [0.5, 0.6) is 11.5 Å². The molecule has 0 N–H and O–H groups in total. The van der Waals surface area contributed by atoms with E-state index in [1.165, 1.54) is 19.2 Å². The number of Topliss-reactive ketones (excluding diaryl/α,β-unsaturated/α-hetero) is 3. The Kier molecular flexibility index (Phi) is 5.77. The number of rotatable bonds is 4. The highest BCUT2D eigenvalue weighted by Crippen LogP contribution is 2.62. The van der Waals surface area contributed by atoms with Gasteiger partial charge in [0.2, 0.25) is 0 Å². The molecule has 6 nitrogen and oxygen atoms in total. The molecule has 7 heteroatoms. The van der Waals surface area contributed by atoms with Crippen molar-refractivity contribution < 1.29 is 28.2 Å². The standard InChI is InChI=1S/C33H30FNO5/c1-32(2,3)31(38)28-27(23-13-12-20(39-4)17-25(23)40-5)33(29(36)21-8-6-7-9-22(21)30(33)37)26-15-10-18-16-19(34)11-14-24(18)35(26)28/h6-17,26-28H,1-5H3/t26?,27-,28+/m0/s1. The van der Waals surface area contributed by atoms with Gasteiger partial charge in [0, 0.05) is 45.3 Å². The number of carbonyl (C=O) groups is 3. The van der Waals surface area contributed by atoms with Crippen LogP contribution in [0, 0.1) is 16.6 Å². The van der Waals surface area contributed by atoms with Gasteiger partial charge in [-0.15, -0.1) is 0 Å². The Labute approximate surface area is 232 Å². The van der Waals surface area contributed by atoms with Crippen molar-refractivity contribution in [1.29, 1.82) is 0 Å². The highest BCUT2D eigenvalue weighted by molar-refractivity contribution is 6.32. The molecule has 0 bridgehead atoms. The lowest BCUT2D eigenvalue weighted by Crippen LogP contribution is -2.49. The maximum Gasteiger partial charge on any atom is 0.180 e. The molecule has 2 aliphatic heterocycles. The second-order valence-corrected chi connectivity index (χ2v) is 11.6. The Balaban J connectivity index is 1.72. The Hall–Kier alpha value is -4.26. The molecule has 0 saturated carbocycles. The van der Waals surface area contributed by atoms with Crippen molar-refractivity contribution in [3.63, 3.8) is 0 Å². The van der Waals surface area contributed by atoms with Gasteiger partial charge in [-0.3, -0.25) is 14.4 Å². The van der Waals surface area contributed by atoms with Crippen LogP contribution in [0.1, 0.15) is 58.5 Å². The summed E-state index contributed by atoms with van der Waals surface area (Å²) in [5, 5.41) is 0. The first-order valence-corrected chi connectivity index (χ1v) is 13.3. The Morgan fingerprint density at radius 1 is 0.925 bits per heavy atom. The van der Waals surface area contributed by atoms with E-state index < -0.39 is 34.6 Å². The van der Waals surface area contributed by atoms with Gasteiger partial charge >= 0.3 is 0 Å². The summed E-state index contributed by atoms with van der Waals surface area (Å²) in [6, 6.07) is 14.7. The van der Waals surface area contributed by atoms with Crippen LogP contribution >= 0.6 is 0 Å². The molecule has 0 aromatic heterocycles. The third-order valence-electron chi connectivity index (χ3n) is 8.55. The summed E-state index contributed by atoms with van der Waals surface area (Å²) in [6.45, 7) is 5.49. The number of anilines is 1. The first-order chi connectivity index (χ1) is 19.0. The molecule has 6 rings (SSSR count). The normalized spacial score (nSPS) is 22.2. The van der Waals surface area contributed by atoms with Crippen LogP contribution in [-0.4, -0.2) is 43.7 Å². The molecule has 3 aliphatic rings. The number of methoxy groups -OCH3 is 2. The van der Waals surface area contributed by atoms with Crippen molar-refractivity contribution >= 4 is 29.1 Å². The van der Waals surface area contributed by atoms with Gasteiger partial charge in [0.15, 0.2) is 17.3 Å². The first kappa shape index (κ1) is 26.0. The molecule has 2 heterocycles. The second kappa shape index (κ2) is 8.88. The fourth-order valence-corrected chi connectivity index (χ4v) is 6.81. The van der Waals surface area contributed by atoms with Crippen LogP contribution in [0.3, 0.4) is 0 Å². The quantitative estimate of drug-likeness (QED) is 0.385. The van der Waals surface area contributed by atoms with E-state index in [2.05, 4.69) is 0 Å². The number of halogens is 1. The monoisotopic (exact) mass is 539 g/mol. The summed E-state index contributed by atoms with van der Waals surface area (Å²) in [5.74, 6) is -1.16. The summed E-state index contributed by atoms with van der Waals surface area (Å²) < 4.78 is 25.6. The molecule has 3 atom stereocenters. The van der Waals surface area contributed by atoms with Gasteiger partial charge < -0.3 is 14.4 Å². The summed E-state index contributed by atoms with van der Waals surface area (Å²) in [7, 11) is 3.05. The predicted molar refractivity (Wildman–Crippen MR) is 150 cm³/mol. The third-order valence-corrected chi connectivity index (χ3v) is 8.55. The molecule has 3 aromatic carbocycles. The zero-order valence-electron chi connectivity index (χ0n) is 23.0. The van der Waals surface area contributed by atoms with Gasteiger partial charge in [-0.05, 0) is 24.3 Å². The van der Waals surface area contributed by atoms with Gasteiger partial charge in [0.25, 0.3) is 0 Å². The van der Waals surface area contributed by atoms with E-state index in [0.29, 0.717) is 39.4 Å². The summed E-state index contributed by atoms with van der Waals surface area (Å²) in [6.07, 6.45) is 3.53. The van der Waals surface area contributed by atoms with E-state index in [1.54, 1.807) is 67.8 Å². The van der Waals surface area contributed by atoms with Crippen molar-refractivity contribution in [3.8, 4) is 11.5 Å². The van der Waals surface area contributed by atoms with Crippen LogP contribution in [-0.2, 0) is 4.79 Å². The van der Waals surface area contributed by atoms with E-state index in [4.69, 9.17) is 9.47 Å². The van der Waals surface area contributed by atoms with E-state index in [0.717, 1.165) is 0 Å². The van der Waals surface area contributed by atoms with Gasteiger partial charge in [0.1, 0.15) is 22.7 Å². The molecule has 1 spiro atoms. The zero-order valence-corrected chi connectivity index (χ0v) is 23.0. The number of nitrogens with zero attached hydrogens (tertiary/aromatic N) is 1. The second-order valence-electron chi connectivity index (χ2n) is 11.6. The van der Waals surface area contributed by atoms with Crippen molar-refractivity contribution in [3.05, 3.63) is 94.8 Å². The maximum atomic E-state index is 14.7. The molecule has 40 heavy (non-hydrogen) atoms. The number of ether oxygens (including phenoxy) is 2. The molecule has 3 aromatic rings. The first-order valence-electron chi connectivity index (χ1n) is 13.3. The van der Waals surface area contributed by atoms with Crippen molar-refractivity contribution in [2.75, 3.05) is 19.1 Å². The Bertz CT molecular complexity index is 1580. The molecular formula is C33H30FNO5. The minimum atomic E-state index is -1.65. The van der Waals surface area contributed by atoms with Crippen LogP contribution in [0.15, 0.2) is 66.7 Å². The fraction of sp³-hybridized carbons (Fsp3) is 0.303. The molecule has 204 valence electrons. The average Bonchev–Trinajstić information content (AvgIpc) is 3.37. The molecule has 1 saturated heterocycles. The number of carbonyl (C=O) groups excluding carboxylic acids is 3. The SMILES string of the molecule is COc1ccc([C@H]2[C@H](C(=O)C(C)(C)C)N3c4ccc(F)cc4C=CC3C23C(=O)c2ccccc2C3=O)c(OC)c1. The van der Waals surface area contributed by atoms with Crippen molar-refractivity contribution in [2.45, 2.75) is 38.8 Å². The van der Waals surface area contributed by atoms with Gasteiger partial charge in [0.05, 0.1) is 26.3 Å². The number of hydrogen-bond acceptors (Lipinski definition) is 6. The van der Waals surface area contributed by atoms with Crippen molar-refractivity contribution in [1.82, 2.24) is 0 Å². The largest absolute Gasteiger partial charge is 0.497 e. The lowest BCUT2D eigenvalue weighted by Gasteiger charge is -2.38. The van der Waals surface area contributed by atoms with Crippen LogP contribution in [0.25, 0.3) is 6.08 Å². The third kappa shape index (κ3) is 3.36. The molecular weight excluding hydrogens is 509 g/mol. The Morgan fingerprint density at radius 3 is 2.20 bits per heavy atom.